The van der Waals surface area contributed by atoms with Gasteiger partial charge in [-0.2, -0.15) is 0 Å². The molecule has 0 bridgehead atoms. The van der Waals surface area contributed by atoms with E-state index in [0.717, 1.165) is 14.9 Å². The molecule has 0 saturated carbocycles. The standard InChI is InChI=1S/C25H20BrClN2O3S2/c1-25(2)11-18-20(12-32-25)34-22-21(18)23(31)29(17-9-5-15(26)6-10-17)24(28-22)33-13-19(30)14-3-7-16(27)8-4-14/h3-10H,11-13H2,1-2H3. The fourth-order valence-corrected chi connectivity index (χ4v) is 6.38. The lowest BCUT2D eigenvalue weighted by Gasteiger charge is -2.29. The third-order valence-electron chi connectivity index (χ3n) is 5.66. The Balaban J connectivity index is 1.60. The predicted molar refractivity (Wildman–Crippen MR) is 142 cm³/mol. The molecule has 4 aromatic rings. The van der Waals surface area contributed by atoms with Gasteiger partial charge >= 0.3 is 0 Å². The molecule has 0 radical (unpaired) electrons. The van der Waals surface area contributed by atoms with Gasteiger partial charge in [0.25, 0.3) is 5.56 Å². The number of nitrogens with zero attached hydrogens (tertiary/aromatic N) is 2. The lowest BCUT2D eigenvalue weighted by atomic mass is 9.94. The number of carbonyl (C=O) groups excluding carboxylic acids is 1. The van der Waals surface area contributed by atoms with Crippen molar-refractivity contribution in [2.75, 3.05) is 5.75 Å². The van der Waals surface area contributed by atoms with E-state index in [1.165, 1.54) is 23.1 Å². The molecule has 0 amide bonds. The molecule has 2 aromatic carbocycles. The lowest BCUT2D eigenvalue weighted by Crippen LogP contribution is -2.32. The third kappa shape index (κ3) is 4.62. The zero-order valence-corrected chi connectivity index (χ0v) is 22.4. The van der Waals surface area contributed by atoms with Crippen molar-refractivity contribution < 1.29 is 9.53 Å². The summed E-state index contributed by atoms with van der Waals surface area (Å²) in [7, 11) is 0. The van der Waals surface area contributed by atoms with Crippen molar-refractivity contribution in [3.63, 3.8) is 0 Å². The fraction of sp³-hybridized carbons (Fsp3) is 0.240. The number of hydrogen-bond acceptors (Lipinski definition) is 6. The number of fused-ring (bicyclic) bond motifs is 3. The van der Waals surface area contributed by atoms with Crippen molar-refractivity contribution in [1.82, 2.24) is 9.55 Å². The molecule has 0 fully saturated rings. The van der Waals surface area contributed by atoms with E-state index in [9.17, 15) is 9.59 Å². The molecular weight excluding hydrogens is 556 g/mol. The Morgan fingerprint density at radius 1 is 1.21 bits per heavy atom. The smallest absolute Gasteiger partial charge is 0.267 e. The molecule has 5 nitrogen and oxygen atoms in total. The van der Waals surface area contributed by atoms with Gasteiger partial charge in [-0.1, -0.05) is 39.3 Å². The maximum Gasteiger partial charge on any atom is 0.267 e. The summed E-state index contributed by atoms with van der Waals surface area (Å²) < 4.78 is 8.49. The highest BCUT2D eigenvalue weighted by Crippen LogP contribution is 2.38. The Kier molecular flexibility index (Phi) is 6.46. The largest absolute Gasteiger partial charge is 0.370 e. The number of hydrogen-bond donors (Lipinski definition) is 0. The molecule has 9 heteroatoms. The zero-order valence-electron chi connectivity index (χ0n) is 18.4. The summed E-state index contributed by atoms with van der Waals surface area (Å²) in [6.07, 6.45) is 0.654. The second-order valence-corrected chi connectivity index (χ2v) is 12.0. The zero-order chi connectivity index (χ0) is 24.0. The topological polar surface area (TPSA) is 61.2 Å². The normalized spacial score (nSPS) is 14.8. The van der Waals surface area contributed by atoms with Crippen LogP contribution in [-0.4, -0.2) is 26.7 Å². The van der Waals surface area contributed by atoms with Gasteiger partial charge in [0.1, 0.15) is 4.83 Å². The van der Waals surface area contributed by atoms with Gasteiger partial charge in [-0.25, -0.2) is 4.98 Å². The molecule has 34 heavy (non-hydrogen) atoms. The van der Waals surface area contributed by atoms with E-state index in [1.807, 2.05) is 38.1 Å². The molecule has 0 unspecified atom stereocenters. The van der Waals surface area contributed by atoms with E-state index in [-0.39, 0.29) is 22.7 Å². The Hall–Kier alpha value is -1.97. The van der Waals surface area contributed by atoms with Crippen molar-refractivity contribution in [3.8, 4) is 5.69 Å². The van der Waals surface area contributed by atoms with Crippen LogP contribution in [0.25, 0.3) is 15.9 Å². The quantitative estimate of drug-likeness (QED) is 0.151. The third-order valence-corrected chi connectivity index (χ3v) is 8.48. The monoisotopic (exact) mass is 574 g/mol. The number of thioether (sulfide) groups is 1. The highest BCUT2D eigenvalue weighted by atomic mass is 79.9. The minimum atomic E-state index is -0.339. The molecule has 2 aromatic heterocycles. The van der Waals surface area contributed by atoms with E-state index in [2.05, 4.69) is 15.9 Å². The number of rotatable bonds is 5. The average molecular weight is 576 g/mol. The average Bonchev–Trinajstić information content (AvgIpc) is 3.15. The minimum Gasteiger partial charge on any atom is -0.370 e. The van der Waals surface area contributed by atoms with E-state index >= 15 is 0 Å². The van der Waals surface area contributed by atoms with Gasteiger partial charge in [0.2, 0.25) is 0 Å². The van der Waals surface area contributed by atoms with Crippen LogP contribution in [0.4, 0.5) is 0 Å². The molecule has 0 spiro atoms. The summed E-state index contributed by atoms with van der Waals surface area (Å²) in [5.74, 6) is 0.0936. The molecule has 0 atom stereocenters. The van der Waals surface area contributed by atoms with E-state index in [0.29, 0.717) is 44.7 Å². The minimum absolute atomic E-state index is 0.0565. The predicted octanol–water partition coefficient (Wildman–Crippen LogP) is 6.69. The van der Waals surface area contributed by atoms with E-state index < -0.39 is 0 Å². The molecule has 0 aliphatic carbocycles. The van der Waals surface area contributed by atoms with E-state index in [4.69, 9.17) is 21.3 Å². The van der Waals surface area contributed by atoms with Gasteiger partial charge < -0.3 is 4.74 Å². The Bertz CT molecular complexity index is 1460. The summed E-state index contributed by atoms with van der Waals surface area (Å²) >= 11 is 12.2. The van der Waals surface area contributed by atoms with Crippen LogP contribution in [0, 0.1) is 0 Å². The van der Waals surface area contributed by atoms with Crippen LogP contribution < -0.4 is 5.56 Å². The lowest BCUT2D eigenvalue weighted by molar-refractivity contribution is -0.0379. The van der Waals surface area contributed by atoms with Gasteiger partial charge in [0, 0.05) is 26.4 Å². The van der Waals surface area contributed by atoms with Gasteiger partial charge in [0.15, 0.2) is 10.9 Å². The Morgan fingerprint density at radius 2 is 1.91 bits per heavy atom. The van der Waals surface area contributed by atoms with Crippen molar-refractivity contribution in [2.24, 2.45) is 0 Å². The molecular formula is C25H20BrClN2O3S2. The first-order chi connectivity index (χ1) is 16.2. The fourth-order valence-electron chi connectivity index (χ4n) is 3.94. The molecule has 5 rings (SSSR count). The second-order valence-electron chi connectivity index (χ2n) is 8.64. The van der Waals surface area contributed by atoms with Gasteiger partial charge in [-0.05, 0) is 67.9 Å². The summed E-state index contributed by atoms with van der Waals surface area (Å²) in [6.45, 7) is 4.54. The van der Waals surface area contributed by atoms with Crippen molar-refractivity contribution in [3.05, 3.63) is 84.4 Å². The number of Topliss-reactive ketones (excluding diaryl/α,β-unsaturated/α-hetero) is 1. The van der Waals surface area contributed by atoms with Crippen molar-refractivity contribution in [1.29, 1.82) is 0 Å². The van der Waals surface area contributed by atoms with Crippen LogP contribution in [-0.2, 0) is 17.8 Å². The molecule has 0 N–H and O–H groups in total. The second kappa shape index (κ2) is 9.24. The maximum absolute atomic E-state index is 13.9. The number of halogens is 2. The van der Waals surface area contributed by atoms with E-state index in [1.54, 1.807) is 28.8 Å². The van der Waals surface area contributed by atoms with Gasteiger partial charge in [-0.15, -0.1) is 11.3 Å². The summed E-state index contributed by atoms with van der Waals surface area (Å²) in [6, 6.07) is 14.3. The van der Waals surface area contributed by atoms with Crippen LogP contribution in [0.1, 0.15) is 34.6 Å². The van der Waals surface area contributed by atoms with Crippen LogP contribution in [0.2, 0.25) is 5.02 Å². The SMILES string of the molecule is CC1(C)Cc2c(sc3nc(SCC(=O)c4ccc(Cl)cc4)n(-c4ccc(Br)cc4)c(=O)c23)CO1. The van der Waals surface area contributed by atoms with Gasteiger partial charge in [0.05, 0.1) is 29.0 Å². The Labute approximate surface area is 218 Å². The number of aromatic nitrogens is 2. The summed E-state index contributed by atoms with van der Waals surface area (Å²) in [5.41, 5.74) is 1.84. The number of ether oxygens (including phenoxy) is 1. The number of ketones is 1. The van der Waals surface area contributed by atoms with Crippen molar-refractivity contribution >= 4 is 66.6 Å². The van der Waals surface area contributed by atoms with Gasteiger partial charge in [-0.3, -0.25) is 14.2 Å². The number of thiophene rings is 1. The van der Waals surface area contributed by atoms with Crippen LogP contribution in [0.3, 0.4) is 0 Å². The molecule has 3 heterocycles. The van der Waals surface area contributed by atoms with Crippen LogP contribution >= 0.6 is 50.6 Å². The van der Waals surface area contributed by atoms with Crippen LogP contribution in [0.15, 0.2) is 63.0 Å². The molecule has 1 aliphatic heterocycles. The molecule has 0 saturated heterocycles. The highest BCUT2D eigenvalue weighted by molar-refractivity contribution is 9.10. The van der Waals surface area contributed by atoms with Crippen LogP contribution in [0.5, 0.6) is 0 Å². The number of benzene rings is 2. The molecule has 174 valence electrons. The maximum atomic E-state index is 13.9. The number of carbonyl (C=O) groups is 1. The summed E-state index contributed by atoms with van der Waals surface area (Å²) in [5, 5.41) is 1.71. The first kappa shape index (κ1) is 23.8. The van der Waals surface area contributed by atoms with Crippen molar-refractivity contribution in [2.45, 2.75) is 37.6 Å². The first-order valence-corrected chi connectivity index (χ1v) is 13.6. The molecule has 1 aliphatic rings. The first-order valence-electron chi connectivity index (χ1n) is 10.6. The Morgan fingerprint density at radius 3 is 2.62 bits per heavy atom. The highest BCUT2D eigenvalue weighted by Gasteiger charge is 2.31. The summed E-state index contributed by atoms with van der Waals surface area (Å²) in [4.78, 5) is 33.3.